The van der Waals surface area contributed by atoms with E-state index in [0.717, 1.165) is 12.1 Å². The van der Waals surface area contributed by atoms with Crippen LogP contribution in [0, 0.1) is 26.3 Å². The first-order valence-corrected chi connectivity index (χ1v) is 3.41. The fourth-order valence-electron chi connectivity index (χ4n) is 0.693. The Morgan fingerprint density at radius 1 is 1.23 bits per heavy atom. The van der Waals surface area contributed by atoms with E-state index in [2.05, 4.69) is 0 Å². The molecule has 1 aromatic carbocycles. The van der Waals surface area contributed by atoms with Crippen LogP contribution in [-0.2, 0) is 0 Å². The van der Waals surface area contributed by atoms with Crippen LogP contribution in [0.15, 0.2) is 12.1 Å². The summed E-state index contributed by atoms with van der Waals surface area (Å²) in [6.45, 7) is 0. The zero-order chi connectivity index (χ0) is 10.0. The molecule has 0 fully saturated rings. The van der Waals surface area contributed by atoms with Crippen molar-refractivity contribution < 1.29 is 9.85 Å². The van der Waals surface area contributed by atoms with Crippen LogP contribution in [0.2, 0.25) is 5.02 Å². The van der Waals surface area contributed by atoms with Gasteiger partial charge in [-0.2, -0.15) is 0 Å². The third-order valence-electron chi connectivity index (χ3n) is 1.24. The van der Waals surface area contributed by atoms with Crippen molar-refractivity contribution >= 4 is 23.0 Å². The Hall–Kier alpha value is -1.69. The molecule has 0 saturated carbocycles. The first-order chi connectivity index (χ1) is 6.02. The van der Waals surface area contributed by atoms with Gasteiger partial charge in [-0.3, -0.25) is 20.2 Å². The molecule has 0 spiro atoms. The number of nitro groups is 2. The Labute approximate surface area is 77.0 Å². The summed E-state index contributed by atoms with van der Waals surface area (Å²) in [5.41, 5.74) is -1.06. The van der Waals surface area contributed by atoms with Gasteiger partial charge >= 0.3 is 5.69 Å². The van der Waals surface area contributed by atoms with Crippen molar-refractivity contribution in [1.82, 2.24) is 0 Å². The van der Waals surface area contributed by atoms with E-state index in [4.69, 9.17) is 11.6 Å². The Bertz CT molecular complexity index is 379. The summed E-state index contributed by atoms with van der Waals surface area (Å²) >= 11 is 5.40. The molecule has 0 bridgehead atoms. The number of rotatable bonds is 2. The quantitative estimate of drug-likeness (QED) is 0.541. The third-order valence-corrected chi connectivity index (χ3v) is 1.54. The summed E-state index contributed by atoms with van der Waals surface area (Å²) in [4.78, 5) is 18.9. The number of nitro benzene ring substituents is 2. The van der Waals surface area contributed by atoms with Gasteiger partial charge in [-0.25, -0.2) is 0 Å². The van der Waals surface area contributed by atoms with E-state index in [9.17, 15) is 20.2 Å². The SMILES string of the molecule is O=[N+]([O-])c1[c]c([N+](=O)[O-])c(Cl)cc1. The van der Waals surface area contributed by atoms with Gasteiger partial charge in [-0.1, -0.05) is 11.6 Å². The van der Waals surface area contributed by atoms with Gasteiger partial charge in [0.2, 0.25) is 0 Å². The fourth-order valence-corrected chi connectivity index (χ4v) is 0.872. The van der Waals surface area contributed by atoms with Gasteiger partial charge < -0.3 is 0 Å². The Balaban J connectivity index is 3.27. The monoisotopic (exact) mass is 201 g/mol. The number of benzene rings is 1. The highest BCUT2D eigenvalue weighted by molar-refractivity contribution is 6.32. The van der Waals surface area contributed by atoms with Crippen LogP contribution in [0.25, 0.3) is 0 Å². The van der Waals surface area contributed by atoms with Crippen molar-refractivity contribution in [3.8, 4) is 0 Å². The molecule has 0 aliphatic rings. The Morgan fingerprint density at radius 3 is 2.31 bits per heavy atom. The zero-order valence-corrected chi connectivity index (χ0v) is 6.82. The van der Waals surface area contributed by atoms with Crippen LogP contribution >= 0.6 is 11.6 Å². The predicted molar refractivity (Wildman–Crippen MR) is 43.6 cm³/mol. The number of hydrogen-bond donors (Lipinski definition) is 0. The fraction of sp³-hybridized carbons (Fsp3) is 0. The predicted octanol–water partition coefficient (Wildman–Crippen LogP) is 1.96. The van der Waals surface area contributed by atoms with Crippen LogP contribution in [0.1, 0.15) is 0 Å². The van der Waals surface area contributed by atoms with Crippen LogP contribution in [-0.4, -0.2) is 9.85 Å². The van der Waals surface area contributed by atoms with Crippen molar-refractivity contribution in [2.45, 2.75) is 0 Å². The van der Waals surface area contributed by atoms with Crippen molar-refractivity contribution in [3.63, 3.8) is 0 Å². The average Bonchev–Trinajstić information content (AvgIpc) is 2.04. The van der Waals surface area contributed by atoms with Crippen LogP contribution < -0.4 is 0 Å². The maximum absolute atomic E-state index is 10.3. The van der Waals surface area contributed by atoms with E-state index in [1.165, 1.54) is 0 Å². The highest BCUT2D eigenvalue weighted by atomic mass is 35.5. The van der Waals surface area contributed by atoms with E-state index in [0.29, 0.717) is 0 Å². The van der Waals surface area contributed by atoms with Gasteiger partial charge in [-0.05, 0) is 6.07 Å². The smallest absolute Gasteiger partial charge is 0.258 e. The minimum Gasteiger partial charge on any atom is -0.258 e. The molecule has 6 nitrogen and oxygen atoms in total. The summed E-state index contributed by atoms with van der Waals surface area (Å²) in [6.07, 6.45) is 0. The van der Waals surface area contributed by atoms with Crippen molar-refractivity contribution in [2.75, 3.05) is 0 Å². The van der Waals surface area contributed by atoms with Crippen molar-refractivity contribution in [2.24, 2.45) is 0 Å². The lowest BCUT2D eigenvalue weighted by atomic mass is 10.3. The standard InChI is InChI=1S/C6H2ClN2O4/c7-5-2-1-4(8(10)11)3-6(5)9(12)13/h1-2H. The Kier molecular flexibility index (Phi) is 2.43. The lowest BCUT2D eigenvalue weighted by Crippen LogP contribution is -1.93. The molecule has 0 heterocycles. The largest absolute Gasteiger partial charge is 0.303 e. The second-order valence-corrected chi connectivity index (χ2v) is 2.46. The summed E-state index contributed by atoms with van der Waals surface area (Å²) in [6, 6.07) is 4.12. The third kappa shape index (κ3) is 1.91. The normalized spacial score (nSPS) is 9.62. The second kappa shape index (κ2) is 3.36. The number of hydrogen-bond acceptors (Lipinski definition) is 4. The lowest BCUT2D eigenvalue weighted by molar-refractivity contribution is -0.394. The van der Waals surface area contributed by atoms with E-state index in [1.54, 1.807) is 0 Å². The molecule has 1 aromatic rings. The highest BCUT2D eigenvalue weighted by Crippen LogP contribution is 2.27. The molecular weight excluding hydrogens is 200 g/mol. The molecule has 0 aliphatic heterocycles. The summed E-state index contributed by atoms with van der Waals surface area (Å²) in [7, 11) is 0. The van der Waals surface area contributed by atoms with Gasteiger partial charge in [0.1, 0.15) is 5.02 Å². The van der Waals surface area contributed by atoms with Crippen LogP contribution in [0.3, 0.4) is 0 Å². The molecule has 0 amide bonds. The molecule has 0 atom stereocenters. The molecule has 0 aliphatic carbocycles. The van der Waals surface area contributed by atoms with E-state index < -0.39 is 21.2 Å². The van der Waals surface area contributed by atoms with Gasteiger partial charge in [0.05, 0.1) is 9.85 Å². The number of non-ortho nitro benzene ring substituents is 1. The highest BCUT2D eigenvalue weighted by Gasteiger charge is 2.18. The van der Waals surface area contributed by atoms with E-state index in [1.807, 2.05) is 6.07 Å². The first-order valence-electron chi connectivity index (χ1n) is 3.03. The van der Waals surface area contributed by atoms with Crippen molar-refractivity contribution in [1.29, 1.82) is 0 Å². The molecule has 0 saturated heterocycles. The maximum atomic E-state index is 10.3. The summed E-state index contributed by atoms with van der Waals surface area (Å²) < 4.78 is 0. The molecule has 7 heteroatoms. The summed E-state index contributed by atoms with van der Waals surface area (Å²) in [5, 5.41) is 20.3. The van der Waals surface area contributed by atoms with Gasteiger partial charge in [0.15, 0.2) is 6.07 Å². The topological polar surface area (TPSA) is 86.3 Å². The summed E-state index contributed by atoms with van der Waals surface area (Å²) in [5.74, 6) is 0. The molecule has 13 heavy (non-hydrogen) atoms. The molecule has 67 valence electrons. The molecule has 1 radical (unpaired) electrons. The Morgan fingerprint density at radius 2 is 1.85 bits per heavy atom. The zero-order valence-electron chi connectivity index (χ0n) is 6.06. The van der Waals surface area contributed by atoms with Gasteiger partial charge in [0.25, 0.3) is 5.69 Å². The molecule has 0 aromatic heterocycles. The van der Waals surface area contributed by atoms with Gasteiger partial charge in [-0.15, -0.1) is 0 Å². The van der Waals surface area contributed by atoms with E-state index >= 15 is 0 Å². The number of nitrogens with zero attached hydrogens (tertiary/aromatic N) is 2. The molecular formula is C6H2ClN2O4. The average molecular weight is 202 g/mol. The van der Waals surface area contributed by atoms with Crippen molar-refractivity contribution in [3.05, 3.63) is 43.5 Å². The minimum absolute atomic E-state index is 0.171. The van der Waals surface area contributed by atoms with Gasteiger partial charge in [0, 0.05) is 6.07 Å². The minimum atomic E-state index is -0.824. The van der Waals surface area contributed by atoms with Crippen LogP contribution in [0.5, 0.6) is 0 Å². The number of halogens is 1. The molecule has 0 N–H and O–H groups in total. The molecule has 0 unspecified atom stereocenters. The first kappa shape index (κ1) is 9.40. The second-order valence-electron chi connectivity index (χ2n) is 2.05. The van der Waals surface area contributed by atoms with Crippen LogP contribution in [0.4, 0.5) is 11.4 Å². The van der Waals surface area contributed by atoms with E-state index in [-0.39, 0.29) is 5.02 Å². The molecule has 1 rings (SSSR count). The lowest BCUT2D eigenvalue weighted by Gasteiger charge is -1.93. The maximum Gasteiger partial charge on any atom is 0.303 e.